The molecule has 0 aliphatic rings. The van der Waals surface area contributed by atoms with E-state index in [0.717, 1.165) is 11.5 Å². The van der Waals surface area contributed by atoms with Gasteiger partial charge in [-0.25, -0.2) is 4.98 Å². The predicted octanol–water partition coefficient (Wildman–Crippen LogP) is 1.44. The highest BCUT2D eigenvalue weighted by molar-refractivity contribution is 6.28. The van der Waals surface area contributed by atoms with Crippen LogP contribution >= 0.6 is 11.6 Å². The molecule has 2 heterocycles. The van der Waals surface area contributed by atoms with E-state index in [1.807, 2.05) is 18.2 Å². The Hall–Kier alpha value is -1.42. The van der Waals surface area contributed by atoms with Crippen LogP contribution in [0.3, 0.4) is 0 Å². The maximum Gasteiger partial charge on any atom is 0.242 e. The van der Waals surface area contributed by atoms with Crippen LogP contribution in [0.2, 0.25) is 5.28 Å². The van der Waals surface area contributed by atoms with Gasteiger partial charge < -0.3 is 0 Å². The van der Waals surface area contributed by atoms with Crippen LogP contribution in [0.15, 0.2) is 24.4 Å². The Balaban J connectivity index is 2.15. The standard InChI is InChI=1S/C8H7ClN4/c9-8-11-7(12-13-8)5-6-3-1-2-4-10-6/h1-4H,5H2,(H,11,12,13). The zero-order chi connectivity index (χ0) is 9.10. The van der Waals surface area contributed by atoms with Crippen molar-refractivity contribution in [3.63, 3.8) is 0 Å². The average Bonchev–Trinajstić information content (AvgIpc) is 2.53. The van der Waals surface area contributed by atoms with Gasteiger partial charge in [0.1, 0.15) is 5.82 Å². The molecule has 0 bridgehead atoms. The molecule has 2 aromatic heterocycles. The molecule has 0 saturated heterocycles. The molecule has 0 aliphatic heterocycles. The molecule has 0 amide bonds. The Morgan fingerprint density at radius 1 is 1.38 bits per heavy atom. The van der Waals surface area contributed by atoms with Gasteiger partial charge in [-0.2, -0.15) is 0 Å². The summed E-state index contributed by atoms with van der Waals surface area (Å²) in [4.78, 5) is 8.12. The van der Waals surface area contributed by atoms with Crippen molar-refractivity contribution >= 4 is 11.6 Å². The molecule has 0 fully saturated rings. The number of aromatic amines is 1. The summed E-state index contributed by atoms with van der Waals surface area (Å²) < 4.78 is 0. The molecule has 13 heavy (non-hydrogen) atoms. The van der Waals surface area contributed by atoms with E-state index in [-0.39, 0.29) is 5.28 Å². The first kappa shape index (κ1) is 8.19. The van der Waals surface area contributed by atoms with Gasteiger partial charge in [-0.3, -0.25) is 10.1 Å². The second-order valence-electron chi connectivity index (χ2n) is 2.55. The minimum absolute atomic E-state index is 0.242. The highest BCUT2D eigenvalue weighted by atomic mass is 35.5. The van der Waals surface area contributed by atoms with Crippen LogP contribution in [0.25, 0.3) is 0 Å². The van der Waals surface area contributed by atoms with Gasteiger partial charge in [0.15, 0.2) is 0 Å². The first-order valence-corrected chi connectivity index (χ1v) is 4.19. The van der Waals surface area contributed by atoms with Gasteiger partial charge in [0, 0.05) is 18.3 Å². The van der Waals surface area contributed by atoms with Crippen LogP contribution in [-0.4, -0.2) is 20.2 Å². The molecule has 1 N–H and O–H groups in total. The van der Waals surface area contributed by atoms with Crippen molar-refractivity contribution in [1.82, 2.24) is 20.2 Å². The minimum atomic E-state index is 0.242. The van der Waals surface area contributed by atoms with Crippen molar-refractivity contribution in [2.24, 2.45) is 0 Å². The van der Waals surface area contributed by atoms with Crippen LogP contribution in [-0.2, 0) is 6.42 Å². The first-order chi connectivity index (χ1) is 6.34. The van der Waals surface area contributed by atoms with E-state index in [2.05, 4.69) is 20.2 Å². The summed E-state index contributed by atoms with van der Waals surface area (Å²) in [5.41, 5.74) is 0.940. The molecule has 0 aliphatic carbocycles. The summed E-state index contributed by atoms with van der Waals surface area (Å²) in [6.45, 7) is 0. The quantitative estimate of drug-likeness (QED) is 0.787. The van der Waals surface area contributed by atoms with E-state index in [4.69, 9.17) is 11.6 Å². The zero-order valence-electron chi connectivity index (χ0n) is 6.74. The summed E-state index contributed by atoms with van der Waals surface area (Å²) in [5.74, 6) is 0.726. The number of H-pyrrole nitrogens is 1. The van der Waals surface area contributed by atoms with E-state index in [1.54, 1.807) is 6.20 Å². The van der Waals surface area contributed by atoms with Crippen molar-refractivity contribution in [2.45, 2.75) is 6.42 Å². The first-order valence-electron chi connectivity index (χ1n) is 3.81. The third-order valence-corrected chi connectivity index (χ3v) is 1.75. The molecule has 0 saturated carbocycles. The minimum Gasteiger partial charge on any atom is -0.261 e. The Morgan fingerprint density at radius 3 is 2.92 bits per heavy atom. The predicted molar refractivity (Wildman–Crippen MR) is 48.4 cm³/mol. The molecule has 66 valence electrons. The number of nitrogens with zero attached hydrogens (tertiary/aromatic N) is 3. The maximum atomic E-state index is 5.55. The van der Waals surface area contributed by atoms with Gasteiger partial charge >= 0.3 is 0 Å². The lowest BCUT2D eigenvalue weighted by atomic mass is 10.3. The van der Waals surface area contributed by atoms with E-state index in [9.17, 15) is 0 Å². The average molecular weight is 195 g/mol. The lowest BCUT2D eigenvalue weighted by Crippen LogP contribution is -1.93. The Morgan fingerprint density at radius 2 is 2.31 bits per heavy atom. The maximum absolute atomic E-state index is 5.55. The fourth-order valence-corrected chi connectivity index (χ4v) is 1.17. The van der Waals surface area contributed by atoms with E-state index >= 15 is 0 Å². The molecule has 0 aromatic carbocycles. The SMILES string of the molecule is Clc1n[nH]c(Cc2ccccn2)n1. The van der Waals surface area contributed by atoms with E-state index < -0.39 is 0 Å². The lowest BCUT2D eigenvalue weighted by molar-refractivity contribution is 0.942. The third-order valence-electron chi connectivity index (χ3n) is 1.58. The number of nitrogens with one attached hydrogen (secondary N) is 1. The van der Waals surface area contributed by atoms with Crippen LogP contribution in [0.1, 0.15) is 11.5 Å². The second-order valence-corrected chi connectivity index (χ2v) is 2.89. The summed E-state index contributed by atoms with van der Waals surface area (Å²) >= 11 is 5.55. The summed E-state index contributed by atoms with van der Waals surface area (Å²) in [5, 5.41) is 6.68. The highest BCUT2D eigenvalue weighted by Gasteiger charge is 2.01. The van der Waals surface area contributed by atoms with Crippen LogP contribution in [0.4, 0.5) is 0 Å². The second kappa shape index (κ2) is 3.53. The van der Waals surface area contributed by atoms with Gasteiger partial charge in [0.05, 0.1) is 0 Å². The van der Waals surface area contributed by atoms with Crippen LogP contribution in [0, 0.1) is 0 Å². The monoisotopic (exact) mass is 194 g/mol. The normalized spacial score (nSPS) is 10.2. The van der Waals surface area contributed by atoms with Crippen molar-refractivity contribution in [1.29, 1.82) is 0 Å². The summed E-state index contributed by atoms with van der Waals surface area (Å²) in [7, 11) is 0. The molecular formula is C8H7ClN4. The zero-order valence-corrected chi connectivity index (χ0v) is 7.49. The number of hydrogen-bond donors (Lipinski definition) is 1. The lowest BCUT2D eigenvalue weighted by Gasteiger charge is -1.93. The van der Waals surface area contributed by atoms with E-state index in [1.165, 1.54) is 0 Å². The van der Waals surface area contributed by atoms with Crippen molar-refractivity contribution in [2.75, 3.05) is 0 Å². The molecule has 0 atom stereocenters. The van der Waals surface area contributed by atoms with Crippen LogP contribution < -0.4 is 0 Å². The highest BCUT2D eigenvalue weighted by Crippen LogP contribution is 2.04. The Labute approximate surface area is 80.0 Å². The fourth-order valence-electron chi connectivity index (χ4n) is 1.03. The smallest absolute Gasteiger partial charge is 0.242 e. The molecular weight excluding hydrogens is 188 g/mol. The van der Waals surface area contributed by atoms with Gasteiger partial charge in [-0.05, 0) is 23.7 Å². The number of pyridine rings is 1. The fraction of sp³-hybridized carbons (Fsp3) is 0.125. The van der Waals surface area contributed by atoms with Crippen molar-refractivity contribution in [3.8, 4) is 0 Å². The van der Waals surface area contributed by atoms with Gasteiger partial charge in [0.2, 0.25) is 5.28 Å². The number of rotatable bonds is 2. The largest absolute Gasteiger partial charge is 0.261 e. The van der Waals surface area contributed by atoms with Crippen molar-refractivity contribution in [3.05, 3.63) is 41.2 Å². The molecule has 4 nitrogen and oxygen atoms in total. The topological polar surface area (TPSA) is 54.5 Å². The molecule has 0 unspecified atom stereocenters. The molecule has 2 aromatic rings. The van der Waals surface area contributed by atoms with Gasteiger partial charge in [-0.15, -0.1) is 5.10 Å². The van der Waals surface area contributed by atoms with Gasteiger partial charge in [-0.1, -0.05) is 6.07 Å². The summed E-state index contributed by atoms with van der Waals surface area (Å²) in [6.07, 6.45) is 2.37. The van der Waals surface area contributed by atoms with Crippen LogP contribution in [0.5, 0.6) is 0 Å². The molecule has 2 rings (SSSR count). The Bertz CT molecular complexity index is 384. The number of halogens is 1. The van der Waals surface area contributed by atoms with Crippen molar-refractivity contribution < 1.29 is 0 Å². The molecule has 5 heteroatoms. The summed E-state index contributed by atoms with van der Waals surface area (Å²) in [6, 6.07) is 5.73. The third kappa shape index (κ3) is 2.03. The molecule has 0 radical (unpaired) electrons. The molecule has 0 spiro atoms. The number of aromatic nitrogens is 4. The van der Waals surface area contributed by atoms with Gasteiger partial charge in [0.25, 0.3) is 0 Å². The van der Waals surface area contributed by atoms with E-state index in [0.29, 0.717) is 6.42 Å². The Kier molecular flexibility index (Phi) is 2.23. The number of hydrogen-bond acceptors (Lipinski definition) is 3.